The normalized spacial score (nSPS) is 11.0. The van der Waals surface area contributed by atoms with Crippen LogP contribution in [0.2, 0.25) is 0 Å². The highest BCUT2D eigenvalue weighted by atomic mass is 32.1. The molecule has 0 radical (unpaired) electrons. The smallest absolute Gasteiger partial charge is 0.260 e. The topological polar surface area (TPSA) is 68.2 Å². The summed E-state index contributed by atoms with van der Waals surface area (Å²) in [6, 6.07) is 21.0. The number of amides is 1. The summed E-state index contributed by atoms with van der Waals surface area (Å²) in [6.07, 6.45) is 3.26. The van der Waals surface area contributed by atoms with Crippen molar-refractivity contribution in [3.8, 4) is 5.75 Å². The van der Waals surface area contributed by atoms with Crippen molar-refractivity contribution in [2.24, 2.45) is 0 Å². The lowest BCUT2D eigenvalue weighted by Crippen LogP contribution is -2.30. The molecule has 6 nitrogen and oxygen atoms in total. The van der Waals surface area contributed by atoms with Crippen LogP contribution in [0.4, 0.5) is 5.13 Å². The average molecular weight is 427 g/mol. The summed E-state index contributed by atoms with van der Waals surface area (Å²) in [4.78, 5) is 28.7. The predicted molar refractivity (Wildman–Crippen MR) is 123 cm³/mol. The monoisotopic (exact) mass is 426 g/mol. The van der Waals surface area contributed by atoms with Gasteiger partial charge in [0.05, 0.1) is 34.9 Å². The van der Waals surface area contributed by atoms with Gasteiger partial charge in [0, 0.05) is 24.0 Å². The van der Waals surface area contributed by atoms with Crippen LogP contribution in [0.3, 0.4) is 0 Å². The Morgan fingerprint density at radius 1 is 0.935 bits per heavy atom. The van der Waals surface area contributed by atoms with Gasteiger partial charge in [0.15, 0.2) is 5.13 Å². The van der Waals surface area contributed by atoms with Crippen molar-refractivity contribution in [2.75, 3.05) is 12.0 Å². The molecule has 0 unspecified atom stereocenters. The molecule has 2 heterocycles. The molecule has 0 N–H and O–H groups in total. The van der Waals surface area contributed by atoms with Gasteiger partial charge in [0.2, 0.25) is 0 Å². The van der Waals surface area contributed by atoms with Crippen LogP contribution in [-0.2, 0) is 6.54 Å². The lowest BCUT2D eigenvalue weighted by atomic mass is 10.1. The van der Waals surface area contributed by atoms with Gasteiger partial charge in [-0.05, 0) is 35.9 Å². The van der Waals surface area contributed by atoms with Crippen molar-refractivity contribution >= 4 is 43.6 Å². The molecule has 0 fully saturated rings. The van der Waals surface area contributed by atoms with Gasteiger partial charge in [-0.2, -0.15) is 0 Å². The van der Waals surface area contributed by atoms with E-state index in [4.69, 9.17) is 9.72 Å². The molecule has 152 valence electrons. The fourth-order valence-electron chi connectivity index (χ4n) is 3.38. The third-order valence-electron chi connectivity index (χ3n) is 4.96. The zero-order valence-electron chi connectivity index (χ0n) is 16.7. The van der Waals surface area contributed by atoms with E-state index in [9.17, 15) is 4.79 Å². The average Bonchev–Trinajstić information content (AvgIpc) is 3.25. The van der Waals surface area contributed by atoms with E-state index < -0.39 is 0 Å². The maximum Gasteiger partial charge on any atom is 0.260 e. The maximum absolute atomic E-state index is 13.6. The molecule has 0 spiro atoms. The van der Waals surface area contributed by atoms with Crippen LogP contribution in [0.15, 0.2) is 79.1 Å². The first-order valence-corrected chi connectivity index (χ1v) is 10.5. The number of ether oxygens (including phenoxy) is 1. The first kappa shape index (κ1) is 19.1. The van der Waals surface area contributed by atoms with Gasteiger partial charge in [0.1, 0.15) is 5.75 Å². The Kier molecular flexibility index (Phi) is 5.01. The number of carbonyl (C=O) groups is 1. The van der Waals surface area contributed by atoms with Gasteiger partial charge >= 0.3 is 0 Å². The van der Waals surface area contributed by atoms with Crippen LogP contribution in [-0.4, -0.2) is 28.0 Å². The van der Waals surface area contributed by atoms with E-state index in [0.717, 1.165) is 27.0 Å². The van der Waals surface area contributed by atoms with E-state index >= 15 is 0 Å². The number of carbonyl (C=O) groups excluding carboxylic acids is 1. The minimum absolute atomic E-state index is 0.137. The number of hydrogen-bond acceptors (Lipinski definition) is 6. The van der Waals surface area contributed by atoms with Crippen molar-refractivity contribution in [1.82, 2.24) is 15.0 Å². The Labute approximate surface area is 182 Å². The van der Waals surface area contributed by atoms with Crippen LogP contribution in [0.1, 0.15) is 15.9 Å². The van der Waals surface area contributed by atoms with Crippen LogP contribution in [0, 0.1) is 0 Å². The number of hydrogen-bond donors (Lipinski definition) is 0. The molecule has 5 aromatic rings. The summed E-state index contributed by atoms with van der Waals surface area (Å²) in [5.41, 5.74) is 3.80. The van der Waals surface area contributed by atoms with Crippen LogP contribution in [0.25, 0.3) is 21.3 Å². The first-order chi connectivity index (χ1) is 15.2. The second-order valence-electron chi connectivity index (χ2n) is 6.97. The lowest BCUT2D eigenvalue weighted by molar-refractivity contribution is 0.0985. The third kappa shape index (κ3) is 3.83. The molecular formula is C24H18N4O2S. The van der Waals surface area contributed by atoms with Crippen LogP contribution in [0.5, 0.6) is 5.75 Å². The zero-order chi connectivity index (χ0) is 21.2. The van der Waals surface area contributed by atoms with Crippen molar-refractivity contribution in [3.63, 3.8) is 0 Å². The molecule has 0 aliphatic rings. The van der Waals surface area contributed by atoms with Gasteiger partial charge in [0.25, 0.3) is 5.91 Å². The van der Waals surface area contributed by atoms with E-state index in [0.29, 0.717) is 22.8 Å². The molecule has 2 aromatic heterocycles. The summed E-state index contributed by atoms with van der Waals surface area (Å²) in [6.45, 7) is 0.412. The molecule has 0 atom stereocenters. The molecule has 5 rings (SSSR count). The minimum Gasteiger partial charge on any atom is -0.497 e. The Balaban J connectivity index is 1.58. The molecule has 0 saturated heterocycles. The highest BCUT2D eigenvalue weighted by Crippen LogP contribution is 2.33. The van der Waals surface area contributed by atoms with Crippen molar-refractivity contribution in [3.05, 3.63) is 90.3 Å². The van der Waals surface area contributed by atoms with E-state index in [2.05, 4.69) is 9.97 Å². The molecule has 3 aromatic carbocycles. The lowest BCUT2D eigenvalue weighted by Gasteiger charge is -2.20. The maximum atomic E-state index is 13.6. The summed E-state index contributed by atoms with van der Waals surface area (Å²) in [5, 5.41) is 0.636. The molecule has 0 aliphatic heterocycles. The molecule has 7 heteroatoms. The summed E-state index contributed by atoms with van der Waals surface area (Å²) < 4.78 is 6.31. The standard InChI is InChI=1S/C24H18N4O2S/c1-30-18-8-10-22-21(14-18)27-24(31-22)28(15-16-5-3-2-4-6-16)23(29)17-7-9-19-20(13-17)26-12-11-25-19/h2-14H,15H2,1H3. The Hall–Kier alpha value is -3.84. The fourth-order valence-corrected chi connectivity index (χ4v) is 4.33. The van der Waals surface area contributed by atoms with Crippen molar-refractivity contribution in [1.29, 1.82) is 0 Å². The van der Waals surface area contributed by atoms with Crippen LogP contribution < -0.4 is 9.64 Å². The van der Waals surface area contributed by atoms with E-state index in [-0.39, 0.29) is 5.91 Å². The Morgan fingerprint density at radius 2 is 1.74 bits per heavy atom. The number of methoxy groups -OCH3 is 1. The molecule has 1 amide bonds. The predicted octanol–water partition coefficient (Wildman–Crippen LogP) is 5.10. The van der Waals surface area contributed by atoms with Gasteiger partial charge in [-0.15, -0.1) is 0 Å². The van der Waals surface area contributed by atoms with Crippen LogP contribution >= 0.6 is 11.3 Å². The van der Waals surface area contributed by atoms with Gasteiger partial charge < -0.3 is 4.74 Å². The molecule has 0 bridgehead atoms. The molecule has 31 heavy (non-hydrogen) atoms. The number of aromatic nitrogens is 3. The fraction of sp³-hybridized carbons (Fsp3) is 0.0833. The second kappa shape index (κ2) is 8.12. The molecule has 0 aliphatic carbocycles. The van der Waals surface area contributed by atoms with Gasteiger partial charge in [-0.25, -0.2) is 4.98 Å². The number of fused-ring (bicyclic) bond motifs is 2. The number of thiazole rings is 1. The molecular weight excluding hydrogens is 408 g/mol. The Bertz CT molecular complexity index is 1380. The van der Waals surface area contributed by atoms with E-state index in [1.807, 2.05) is 54.6 Å². The Morgan fingerprint density at radius 3 is 2.55 bits per heavy atom. The van der Waals surface area contributed by atoms with Crippen molar-refractivity contribution < 1.29 is 9.53 Å². The highest BCUT2D eigenvalue weighted by Gasteiger charge is 2.22. The first-order valence-electron chi connectivity index (χ1n) is 9.72. The quantitative estimate of drug-likeness (QED) is 0.391. The summed E-state index contributed by atoms with van der Waals surface area (Å²) >= 11 is 1.48. The second-order valence-corrected chi connectivity index (χ2v) is 7.98. The van der Waals surface area contributed by atoms with Gasteiger partial charge in [-0.1, -0.05) is 41.7 Å². The number of rotatable bonds is 5. The number of benzene rings is 3. The number of anilines is 1. The van der Waals surface area contributed by atoms with Gasteiger partial charge in [-0.3, -0.25) is 19.7 Å². The third-order valence-corrected chi connectivity index (χ3v) is 6.02. The van der Waals surface area contributed by atoms with E-state index in [1.165, 1.54) is 11.3 Å². The minimum atomic E-state index is -0.137. The van der Waals surface area contributed by atoms with E-state index in [1.54, 1.807) is 36.5 Å². The molecule has 0 saturated carbocycles. The largest absolute Gasteiger partial charge is 0.497 e. The number of nitrogens with zero attached hydrogens (tertiary/aromatic N) is 4. The van der Waals surface area contributed by atoms with Crippen molar-refractivity contribution in [2.45, 2.75) is 6.54 Å². The summed E-state index contributed by atoms with van der Waals surface area (Å²) in [7, 11) is 1.63. The highest BCUT2D eigenvalue weighted by molar-refractivity contribution is 7.22. The summed E-state index contributed by atoms with van der Waals surface area (Å²) in [5.74, 6) is 0.598. The SMILES string of the molecule is COc1ccc2sc(N(Cc3ccccc3)C(=O)c3ccc4nccnc4c3)nc2c1. The zero-order valence-corrected chi connectivity index (χ0v) is 17.5.